The Morgan fingerprint density at radius 1 is 1.00 bits per heavy atom. The molecule has 0 amide bonds. The van der Waals surface area contributed by atoms with Crippen molar-refractivity contribution >= 4 is 11.6 Å². The molecule has 1 unspecified atom stereocenters. The Balaban J connectivity index is 1.93. The quantitative estimate of drug-likeness (QED) is 0.844. The zero-order chi connectivity index (χ0) is 13.5. The van der Waals surface area contributed by atoms with Gasteiger partial charge in [0.1, 0.15) is 0 Å². The first-order valence-electron chi connectivity index (χ1n) is 6.40. The summed E-state index contributed by atoms with van der Waals surface area (Å²) in [7, 11) is 0. The predicted molar refractivity (Wildman–Crippen MR) is 81.6 cm³/mol. The van der Waals surface area contributed by atoms with Gasteiger partial charge in [-0.25, -0.2) is 0 Å². The molecule has 1 nitrogen and oxygen atoms in total. The molecule has 0 aliphatic carbocycles. The molecule has 0 saturated carbocycles. The predicted octanol–water partition coefficient (Wildman–Crippen LogP) is 4.16. The van der Waals surface area contributed by atoms with Crippen molar-refractivity contribution in [2.75, 3.05) is 0 Å². The molecule has 0 aliphatic rings. The molecule has 19 heavy (non-hydrogen) atoms. The van der Waals surface area contributed by atoms with E-state index in [0.29, 0.717) is 6.42 Å². The van der Waals surface area contributed by atoms with Crippen LogP contribution in [0.5, 0.6) is 0 Å². The average Bonchev–Trinajstić information content (AvgIpc) is 2.47. The number of aliphatic hydroxyl groups excluding tert-OH is 1. The van der Waals surface area contributed by atoms with Crippen LogP contribution in [0.1, 0.15) is 17.5 Å². The van der Waals surface area contributed by atoms with Gasteiger partial charge in [-0.3, -0.25) is 0 Å². The fraction of sp³-hybridized carbons (Fsp3) is 0.111. The Kier molecular flexibility index (Phi) is 4.71. The van der Waals surface area contributed by atoms with Crippen LogP contribution < -0.4 is 0 Å². The van der Waals surface area contributed by atoms with Crippen molar-refractivity contribution in [1.82, 2.24) is 0 Å². The summed E-state index contributed by atoms with van der Waals surface area (Å²) in [5.41, 5.74) is 3.12. The van der Waals surface area contributed by atoms with Gasteiger partial charge in [0, 0.05) is 6.42 Å². The Bertz CT molecular complexity index is 540. The highest BCUT2D eigenvalue weighted by Gasteiger charge is 2.04. The van der Waals surface area contributed by atoms with Crippen molar-refractivity contribution in [3.05, 3.63) is 84.4 Å². The van der Waals surface area contributed by atoms with Crippen molar-refractivity contribution in [3.63, 3.8) is 0 Å². The molecule has 0 saturated heterocycles. The monoisotopic (exact) mass is 250 g/mol. The lowest BCUT2D eigenvalue weighted by atomic mass is 10.0. The Morgan fingerprint density at radius 3 is 2.21 bits per heavy atom. The van der Waals surface area contributed by atoms with Gasteiger partial charge in [0.2, 0.25) is 0 Å². The van der Waals surface area contributed by atoms with E-state index in [9.17, 15) is 5.11 Å². The molecule has 0 fully saturated rings. The van der Waals surface area contributed by atoms with E-state index < -0.39 is 6.10 Å². The number of benzene rings is 2. The molecule has 1 heteroatoms. The van der Waals surface area contributed by atoms with Crippen LogP contribution in [0.4, 0.5) is 0 Å². The summed E-state index contributed by atoms with van der Waals surface area (Å²) in [4.78, 5) is 0. The maximum atomic E-state index is 9.99. The third kappa shape index (κ3) is 4.23. The first-order valence-corrected chi connectivity index (χ1v) is 6.40. The van der Waals surface area contributed by atoms with Gasteiger partial charge >= 0.3 is 0 Å². The summed E-state index contributed by atoms with van der Waals surface area (Å²) in [6, 6.07) is 19.9. The van der Waals surface area contributed by atoms with E-state index in [0.717, 1.165) is 16.7 Å². The average molecular weight is 250 g/mol. The van der Waals surface area contributed by atoms with Gasteiger partial charge in [-0.1, -0.05) is 79.4 Å². The summed E-state index contributed by atoms with van der Waals surface area (Å²) < 4.78 is 0. The third-order valence-electron chi connectivity index (χ3n) is 2.95. The zero-order valence-electron chi connectivity index (χ0n) is 10.9. The SMILES string of the molecule is C=C(CC(O)/C=C/c1ccccc1)c1ccccc1. The van der Waals surface area contributed by atoms with E-state index in [1.165, 1.54) is 0 Å². The molecule has 0 heterocycles. The van der Waals surface area contributed by atoms with Gasteiger partial charge in [0.25, 0.3) is 0 Å². The van der Waals surface area contributed by atoms with Gasteiger partial charge in [-0.15, -0.1) is 0 Å². The lowest BCUT2D eigenvalue weighted by molar-refractivity contribution is 0.230. The highest BCUT2D eigenvalue weighted by atomic mass is 16.3. The topological polar surface area (TPSA) is 20.2 Å². The molecule has 0 aromatic heterocycles. The van der Waals surface area contributed by atoms with Gasteiger partial charge in [-0.05, 0) is 16.7 Å². The standard InChI is InChI=1S/C18H18O/c1-15(17-10-6-3-7-11-17)14-18(19)13-12-16-8-4-2-5-9-16/h2-13,18-19H,1,14H2/b13-12+. The summed E-state index contributed by atoms with van der Waals surface area (Å²) in [5, 5.41) is 9.99. The van der Waals surface area contributed by atoms with E-state index in [4.69, 9.17) is 0 Å². The minimum Gasteiger partial charge on any atom is -0.389 e. The smallest absolute Gasteiger partial charge is 0.0764 e. The molecule has 1 N–H and O–H groups in total. The maximum Gasteiger partial charge on any atom is 0.0764 e. The van der Waals surface area contributed by atoms with Gasteiger partial charge in [0.05, 0.1) is 6.10 Å². The van der Waals surface area contributed by atoms with Crippen LogP contribution in [-0.2, 0) is 0 Å². The lowest BCUT2D eigenvalue weighted by Gasteiger charge is -2.09. The number of hydrogen-bond donors (Lipinski definition) is 1. The van der Waals surface area contributed by atoms with Gasteiger partial charge < -0.3 is 5.11 Å². The Hall–Kier alpha value is -2.12. The summed E-state index contributed by atoms with van der Waals surface area (Å²) in [5.74, 6) is 0. The Morgan fingerprint density at radius 2 is 1.58 bits per heavy atom. The molecule has 2 rings (SSSR count). The van der Waals surface area contributed by atoms with Crippen LogP contribution in [0.3, 0.4) is 0 Å². The van der Waals surface area contributed by atoms with Crippen LogP contribution in [0.25, 0.3) is 11.6 Å². The molecule has 0 aliphatic heterocycles. The number of hydrogen-bond acceptors (Lipinski definition) is 1. The van der Waals surface area contributed by atoms with Crippen LogP contribution in [-0.4, -0.2) is 11.2 Å². The van der Waals surface area contributed by atoms with E-state index in [2.05, 4.69) is 6.58 Å². The normalized spacial score (nSPS) is 12.5. The van der Waals surface area contributed by atoms with E-state index in [-0.39, 0.29) is 0 Å². The van der Waals surface area contributed by atoms with Crippen molar-refractivity contribution < 1.29 is 5.11 Å². The number of rotatable bonds is 5. The van der Waals surface area contributed by atoms with E-state index in [1.807, 2.05) is 72.8 Å². The van der Waals surface area contributed by atoms with Crippen LogP contribution >= 0.6 is 0 Å². The second-order valence-corrected chi connectivity index (χ2v) is 4.51. The molecular formula is C18H18O. The van der Waals surface area contributed by atoms with Crippen molar-refractivity contribution in [2.45, 2.75) is 12.5 Å². The first-order chi connectivity index (χ1) is 9.25. The van der Waals surface area contributed by atoms with Crippen molar-refractivity contribution in [3.8, 4) is 0 Å². The fourth-order valence-corrected chi connectivity index (χ4v) is 1.90. The third-order valence-corrected chi connectivity index (χ3v) is 2.95. The summed E-state index contributed by atoms with van der Waals surface area (Å²) in [6.45, 7) is 4.03. The molecule has 0 bridgehead atoms. The molecule has 0 spiro atoms. The summed E-state index contributed by atoms with van der Waals surface area (Å²) >= 11 is 0. The molecule has 2 aromatic rings. The second kappa shape index (κ2) is 6.72. The fourth-order valence-electron chi connectivity index (χ4n) is 1.90. The lowest BCUT2D eigenvalue weighted by Crippen LogP contribution is -2.02. The van der Waals surface area contributed by atoms with Crippen LogP contribution in [0, 0.1) is 0 Å². The van der Waals surface area contributed by atoms with Gasteiger partial charge in [-0.2, -0.15) is 0 Å². The molecular weight excluding hydrogens is 232 g/mol. The summed E-state index contributed by atoms with van der Waals surface area (Å²) in [6.07, 6.45) is 3.78. The highest BCUT2D eigenvalue weighted by Crippen LogP contribution is 2.18. The maximum absolute atomic E-state index is 9.99. The van der Waals surface area contributed by atoms with Crippen LogP contribution in [0.15, 0.2) is 73.3 Å². The largest absolute Gasteiger partial charge is 0.389 e. The Labute approximate surface area is 114 Å². The first kappa shape index (κ1) is 13.3. The molecule has 2 aromatic carbocycles. The van der Waals surface area contributed by atoms with Crippen molar-refractivity contribution in [2.24, 2.45) is 0 Å². The molecule has 0 radical (unpaired) electrons. The highest BCUT2D eigenvalue weighted by molar-refractivity contribution is 5.64. The van der Waals surface area contributed by atoms with Crippen LogP contribution in [0.2, 0.25) is 0 Å². The van der Waals surface area contributed by atoms with Gasteiger partial charge in [0.15, 0.2) is 0 Å². The minimum atomic E-state index is -0.507. The number of aliphatic hydroxyl groups is 1. The zero-order valence-corrected chi connectivity index (χ0v) is 10.9. The molecule has 96 valence electrons. The van der Waals surface area contributed by atoms with Crippen molar-refractivity contribution in [1.29, 1.82) is 0 Å². The minimum absolute atomic E-state index is 0.507. The van der Waals surface area contributed by atoms with E-state index >= 15 is 0 Å². The second-order valence-electron chi connectivity index (χ2n) is 4.51. The molecule has 1 atom stereocenters. The van der Waals surface area contributed by atoms with E-state index in [1.54, 1.807) is 0 Å².